The van der Waals surface area contributed by atoms with Crippen molar-refractivity contribution < 1.29 is 17.9 Å². The summed E-state index contributed by atoms with van der Waals surface area (Å²) in [6.07, 6.45) is 4.17. The smallest absolute Gasteiger partial charge is 0.410 e. The van der Waals surface area contributed by atoms with Gasteiger partial charge < -0.3 is 14.6 Å². The molecule has 1 amide bonds. The Morgan fingerprint density at radius 3 is 2.75 bits per heavy atom. The van der Waals surface area contributed by atoms with E-state index >= 15 is 0 Å². The number of amides is 1. The largest absolute Gasteiger partial charge is 0.445 e. The second kappa shape index (κ2) is 9.20. The van der Waals surface area contributed by atoms with E-state index in [0.29, 0.717) is 18.5 Å². The summed E-state index contributed by atoms with van der Waals surface area (Å²) in [6, 6.07) is 15.2. The molecule has 1 fully saturated rings. The van der Waals surface area contributed by atoms with Crippen LogP contribution >= 0.6 is 0 Å². The molecule has 1 aromatic heterocycles. The highest BCUT2D eigenvalue weighted by molar-refractivity contribution is 8.00. The predicted octanol–water partition coefficient (Wildman–Crippen LogP) is 4.92. The van der Waals surface area contributed by atoms with Crippen LogP contribution in [-0.2, 0) is 27.6 Å². The molecule has 0 unspecified atom stereocenters. The van der Waals surface area contributed by atoms with Gasteiger partial charge in [-0.1, -0.05) is 49.9 Å². The van der Waals surface area contributed by atoms with Crippen molar-refractivity contribution >= 4 is 31.7 Å². The Morgan fingerprint density at radius 1 is 1.22 bits per heavy atom. The van der Waals surface area contributed by atoms with E-state index in [2.05, 4.69) is 11.6 Å². The lowest BCUT2D eigenvalue weighted by Crippen LogP contribution is -2.37. The minimum absolute atomic E-state index is 0.0198. The molecule has 168 valence electrons. The first-order valence-corrected chi connectivity index (χ1v) is 12.5. The monoisotopic (exact) mass is 452 g/mol. The van der Waals surface area contributed by atoms with Crippen molar-refractivity contribution in [2.45, 2.75) is 38.8 Å². The van der Waals surface area contributed by atoms with Crippen LogP contribution in [0.15, 0.2) is 61.3 Å². The Kier molecular flexibility index (Phi) is 6.37. The zero-order valence-corrected chi connectivity index (χ0v) is 19.0. The maximum atomic E-state index is 12.7. The van der Waals surface area contributed by atoms with Crippen LogP contribution in [0.2, 0.25) is 0 Å². The van der Waals surface area contributed by atoms with Crippen molar-refractivity contribution in [2.24, 2.45) is 0 Å². The summed E-state index contributed by atoms with van der Waals surface area (Å²) in [7, 11) is -3.36. The summed E-state index contributed by atoms with van der Waals surface area (Å²) in [4.78, 5) is 17.9. The van der Waals surface area contributed by atoms with Crippen molar-refractivity contribution in [2.75, 3.05) is 12.3 Å². The van der Waals surface area contributed by atoms with Gasteiger partial charge in [-0.25, -0.2) is 13.2 Å². The maximum absolute atomic E-state index is 12.7. The summed E-state index contributed by atoms with van der Waals surface area (Å²) in [5.41, 5.74) is 3.55. The highest BCUT2D eigenvalue weighted by Gasteiger charge is 2.30. The number of benzene rings is 2. The molecule has 6 nitrogen and oxygen atoms in total. The number of fused-ring (bicyclic) bond motifs is 1. The van der Waals surface area contributed by atoms with E-state index in [-0.39, 0.29) is 29.4 Å². The molecule has 1 aliphatic rings. The van der Waals surface area contributed by atoms with Crippen LogP contribution < -0.4 is 0 Å². The summed E-state index contributed by atoms with van der Waals surface area (Å²) in [6.45, 7) is 6.36. The third-order valence-electron chi connectivity index (χ3n) is 6.12. The molecule has 2 heterocycles. The van der Waals surface area contributed by atoms with Gasteiger partial charge in [-0.2, -0.15) is 0 Å². The number of sulfone groups is 1. The van der Waals surface area contributed by atoms with Gasteiger partial charge in [0.25, 0.3) is 0 Å². The Bertz CT molecular complexity index is 1230. The number of nitrogens with zero attached hydrogens (tertiary/aromatic N) is 1. The van der Waals surface area contributed by atoms with Gasteiger partial charge in [-0.15, -0.1) is 0 Å². The summed E-state index contributed by atoms with van der Waals surface area (Å²) >= 11 is 0. The molecule has 0 aliphatic carbocycles. The van der Waals surface area contributed by atoms with E-state index in [1.165, 1.54) is 0 Å². The number of aromatic amines is 1. The van der Waals surface area contributed by atoms with E-state index in [1.807, 2.05) is 53.6 Å². The Labute approximate surface area is 188 Å². The normalized spacial score (nSPS) is 16.4. The lowest BCUT2D eigenvalue weighted by atomic mass is 10.0. The Morgan fingerprint density at radius 2 is 2.00 bits per heavy atom. The SMILES string of the molecule is C=C(c1ccc2[nH]cc(C[C@H]3CCCN3C(=O)OCc3ccccc3)c2c1)S(=O)(=O)CC. The van der Waals surface area contributed by atoms with E-state index in [9.17, 15) is 13.2 Å². The Hall–Kier alpha value is -3.06. The number of carbonyl (C=O) groups is 1. The summed E-state index contributed by atoms with van der Waals surface area (Å²) in [5, 5.41) is 0.958. The molecule has 1 atom stereocenters. The molecule has 0 saturated carbocycles. The number of nitrogens with one attached hydrogen (secondary N) is 1. The van der Waals surface area contributed by atoms with Crippen molar-refractivity contribution in [3.8, 4) is 0 Å². The van der Waals surface area contributed by atoms with Crippen LogP contribution in [0.25, 0.3) is 15.8 Å². The van der Waals surface area contributed by atoms with Gasteiger partial charge in [0.1, 0.15) is 6.61 Å². The number of aromatic nitrogens is 1. The first-order valence-electron chi connectivity index (χ1n) is 10.9. The molecular formula is C25H28N2O4S. The van der Waals surface area contributed by atoms with Gasteiger partial charge in [-0.05, 0) is 48.1 Å². The maximum Gasteiger partial charge on any atom is 0.410 e. The van der Waals surface area contributed by atoms with Gasteiger partial charge >= 0.3 is 6.09 Å². The van der Waals surface area contributed by atoms with Gasteiger partial charge in [0.15, 0.2) is 9.84 Å². The number of likely N-dealkylation sites (tertiary alicyclic amines) is 1. The highest BCUT2D eigenvalue weighted by Crippen LogP contribution is 2.29. The van der Waals surface area contributed by atoms with Gasteiger partial charge in [0, 0.05) is 29.7 Å². The van der Waals surface area contributed by atoms with Crippen LogP contribution in [-0.4, -0.2) is 42.7 Å². The fourth-order valence-corrected chi connectivity index (χ4v) is 5.05. The minimum Gasteiger partial charge on any atom is -0.445 e. The lowest BCUT2D eigenvalue weighted by molar-refractivity contribution is 0.0921. The van der Waals surface area contributed by atoms with E-state index in [0.717, 1.165) is 34.9 Å². The summed E-state index contributed by atoms with van der Waals surface area (Å²) < 4.78 is 30.1. The van der Waals surface area contributed by atoms with Crippen LogP contribution in [0, 0.1) is 0 Å². The molecule has 1 saturated heterocycles. The standard InChI is InChI=1S/C25H28N2O4S/c1-3-32(29,30)18(2)20-11-12-24-23(15-20)21(16-26-24)14-22-10-7-13-27(22)25(28)31-17-19-8-5-4-6-9-19/h4-6,8-9,11-12,15-16,22,26H,2-3,7,10,13-14,17H2,1H3/t22-/m1/s1. The number of ether oxygens (including phenoxy) is 1. The topological polar surface area (TPSA) is 79.5 Å². The molecule has 32 heavy (non-hydrogen) atoms. The number of hydrogen-bond donors (Lipinski definition) is 1. The van der Waals surface area contributed by atoms with Crippen LogP contribution in [0.4, 0.5) is 4.79 Å². The average Bonchev–Trinajstić information content (AvgIpc) is 3.44. The summed E-state index contributed by atoms with van der Waals surface area (Å²) in [5.74, 6) is 0.0198. The van der Waals surface area contributed by atoms with Gasteiger partial charge in [0.2, 0.25) is 0 Å². The van der Waals surface area contributed by atoms with Crippen molar-refractivity contribution in [3.63, 3.8) is 0 Å². The van der Waals surface area contributed by atoms with E-state index in [1.54, 1.807) is 13.0 Å². The molecule has 2 aromatic carbocycles. The van der Waals surface area contributed by atoms with Crippen LogP contribution in [0.5, 0.6) is 0 Å². The van der Waals surface area contributed by atoms with Crippen molar-refractivity contribution in [3.05, 3.63) is 78.0 Å². The fourth-order valence-electron chi connectivity index (χ4n) is 4.22. The predicted molar refractivity (Wildman–Crippen MR) is 127 cm³/mol. The fraction of sp³-hybridized carbons (Fsp3) is 0.320. The first kappa shape index (κ1) is 22.1. The second-order valence-corrected chi connectivity index (χ2v) is 10.4. The lowest BCUT2D eigenvalue weighted by Gasteiger charge is -2.24. The Balaban J connectivity index is 1.50. The van der Waals surface area contributed by atoms with Gasteiger partial charge in [0.05, 0.1) is 10.7 Å². The van der Waals surface area contributed by atoms with E-state index < -0.39 is 9.84 Å². The van der Waals surface area contributed by atoms with Crippen LogP contribution in [0.1, 0.15) is 36.5 Å². The van der Waals surface area contributed by atoms with E-state index in [4.69, 9.17) is 4.74 Å². The average molecular weight is 453 g/mol. The number of H-pyrrole nitrogens is 1. The van der Waals surface area contributed by atoms with Crippen LogP contribution in [0.3, 0.4) is 0 Å². The van der Waals surface area contributed by atoms with Gasteiger partial charge in [-0.3, -0.25) is 0 Å². The third-order valence-corrected chi connectivity index (χ3v) is 7.86. The molecule has 1 N–H and O–H groups in total. The zero-order chi connectivity index (χ0) is 22.7. The molecule has 0 radical (unpaired) electrons. The van der Waals surface area contributed by atoms with Crippen molar-refractivity contribution in [1.82, 2.24) is 9.88 Å². The number of rotatable bonds is 7. The zero-order valence-electron chi connectivity index (χ0n) is 18.2. The molecule has 3 aromatic rings. The molecule has 4 rings (SSSR count). The molecule has 7 heteroatoms. The highest BCUT2D eigenvalue weighted by atomic mass is 32.2. The third kappa shape index (κ3) is 4.58. The minimum atomic E-state index is -3.36. The molecule has 1 aliphatic heterocycles. The molecule has 0 bridgehead atoms. The number of hydrogen-bond acceptors (Lipinski definition) is 4. The quantitative estimate of drug-likeness (QED) is 0.552. The number of carbonyl (C=O) groups excluding carboxylic acids is 1. The molecular weight excluding hydrogens is 424 g/mol. The molecule has 0 spiro atoms. The second-order valence-electron chi connectivity index (χ2n) is 8.13. The van der Waals surface area contributed by atoms with Crippen molar-refractivity contribution in [1.29, 1.82) is 0 Å². The first-order chi connectivity index (χ1) is 15.4.